The molecule has 0 spiro atoms. The van der Waals surface area contributed by atoms with Crippen LogP contribution in [-0.2, 0) is 14.8 Å². The molecular formula is C11H18N4O3S. The fraction of sp³-hybridized carbons (Fsp3) is 0.636. The average molecular weight is 286 g/mol. The van der Waals surface area contributed by atoms with Crippen LogP contribution in [0.5, 0.6) is 0 Å². The number of hydrogen-bond acceptors (Lipinski definition) is 4. The maximum absolute atomic E-state index is 12.3. The highest BCUT2D eigenvalue weighted by Gasteiger charge is 2.32. The van der Waals surface area contributed by atoms with E-state index >= 15 is 0 Å². The lowest BCUT2D eigenvalue weighted by Crippen LogP contribution is -2.42. The van der Waals surface area contributed by atoms with E-state index in [0.29, 0.717) is 31.8 Å². The number of imidazole rings is 1. The number of carbonyl (C=O) groups is 1. The van der Waals surface area contributed by atoms with E-state index in [1.54, 1.807) is 14.0 Å². The predicted molar refractivity (Wildman–Crippen MR) is 68.9 cm³/mol. The number of aromatic nitrogens is 2. The SMILES string of the molecule is CNC(=O)C1CCN(S(=O)(=O)c2cnc(C)[nH]2)CC1. The monoisotopic (exact) mass is 286 g/mol. The number of carbonyl (C=O) groups excluding carboxylic acids is 1. The maximum Gasteiger partial charge on any atom is 0.260 e. The molecule has 1 fully saturated rings. The number of piperidine rings is 1. The summed E-state index contributed by atoms with van der Waals surface area (Å²) in [4.78, 5) is 18.1. The van der Waals surface area contributed by atoms with Gasteiger partial charge in [-0.15, -0.1) is 0 Å². The number of nitrogens with one attached hydrogen (secondary N) is 2. The van der Waals surface area contributed by atoms with E-state index < -0.39 is 10.0 Å². The minimum Gasteiger partial charge on any atom is -0.359 e. The zero-order valence-electron chi connectivity index (χ0n) is 11.0. The Morgan fingerprint density at radius 1 is 1.47 bits per heavy atom. The summed E-state index contributed by atoms with van der Waals surface area (Å²) in [5.41, 5.74) is 0. The molecule has 0 saturated carbocycles. The summed E-state index contributed by atoms with van der Waals surface area (Å²) in [5.74, 6) is 0.452. The number of aryl methyl sites for hydroxylation is 1. The van der Waals surface area contributed by atoms with Gasteiger partial charge in [0.25, 0.3) is 10.0 Å². The molecule has 0 aliphatic carbocycles. The molecule has 0 radical (unpaired) electrons. The fourth-order valence-electron chi connectivity index (χ4n) is 2.23. The second-order valence-electron chi connectivity index (χ2n) is 4.63. The van der Waals surface area contributed by atoms with Crippen molar-refractivity contribution in [2.75, 3.05) is 20.1 Å². The summed E-state index contributed by atoms with van der Waals surface area (Å²) in [6, 6.07) is 0. The Bertz CT molecular complexity index is 558. The Morgan fingerprint density at radius 3 is 2.58 bits per heavy atom. The molecule has 1 aliphatic heterocycles. The zero-order valence-corrected chi connectivity index (χ0v) is 11.8. The third-order valence-corrected chi connectivity index (χ3v) is 5.18. The van der Waals surface area contributed by atoms with Crippen molar-refractivity contribution in [2.24, 2.45) is 5.92 Å². The first-order valence-corrected chi connectivity index (χ1v) is 7.62. The van der Waals surface area contributed by atoms with Gasteiger partial charge >= 0.3 is 0 Å². The Balaban J connectivity index is 2.07. The van der Waals surface area contributed by atoms with E-state index in [-0.39, 0.29) is 16.9 Å². The van der Waals surface area contributed by atoms with Gasteiger partial charge in [0.1, 0.15) is 5.82 Å². The summed E-state index contributed by atoms with van der Waals surface area (Å²) < 4.78 is 26.0. The molecule has 106 valence electrons. The molecule has 1 aliphatic rings. The molecular weight excluding hydrogens is 268 g/mol. The van der Waals surface area contributed by atoms with Crippen LogP contribution in [0.4, 0.5) is 0 Å². The van der Waals surface area contributed by atoms with Gasteiger partial charge in [-0.1, -0.05) is 0 Å². The van der Waals surface area contributed by atoms with Crippen molar-refractivity contribution in [1.82, 2.24) is 19.6 Å². The number of aromatic amines is 1. The van der Waals surface area contributed by atoms with Gasteiger partial charge in [0.15, 0.2) is 5.03 Å². The first kappa shape index (κ1) is 14.0. The molecule has 2 N–H and O–H groups in total. The predicted octanol–water partition coefficient (Wildman–Crippen LogP) is -0.135. The maximum atomic E-state index is 12.3. The summed E-state index contributed by atoms with van der Waals surface area (Å²) in [6.07, 6.45) is 2.42. The van der Waals surface area contributed by atoms with Crippen molar-refractivity contribution in [3.63, 3.8) is 0 Å². The molecule has 1 aromatic rings. The van der Waals surface area contributed by atoms with Gasteiger partial charge in [-0.3, -0.25) is 4.79 Å². The quantitative estimate of drug-likeness (QED) is 0.809. The average Bonchev–Trinajstić information content (AvgIpc) is 2.85. The molecule has 1 saturated heterocycles. The van der Waals surface area contributed by atoms with Crippen molar-refractivity contribution in [3.8, 4) is 0 Å². The van der Waals surface area contributed by atoms with Gasteiger partial charge in [-0.2, -0.15) is 4.31 Å². The second-order valence-corrected chi connectivity index (χ2v) is 6.53. The number of H-pyrrole nitrogens is 1. The van der Waals surface area contributed by atoms with Crippen molar-refractivity contribution in [3.05, 3.63) is 12.0 Å². The first-order valence-electron chi connectivity index (χ1n) is 6.18. The number of rotatable bonds is 3. The second kappa shape index (κ2) is 5.30. The van der Waals surface area contributed by atoms with E-state index in [1.807, 2.05) is 0 Å². The van der Waals surface area contributed by atoms with Crippen molar-refractivity contribution in [1.29, 1.82) is 0 Å². The summed E-state index contributed by atoms with van der Waals surface area (Å²) in [6.45, 7) is 2.42. The van der Waals surface area contributed by atoms with E-state index in [4.69, 9.17) is 0 Å². The Labute approximate surface area is 112 Å². The van der Waals surface area contributed by atoms with Crippen molar-refractivity contribution < 1.29 is 13.2 Å². The molecule has 1 aromatic heterocycles. The van der Waals surface area contributed by atoms with Gasteiger partial charge in [0.2, 0.25) is 5.91 Å². The fourth-order valence-corrected chi connectivity index (χ4v) is 3.66. The van der Waals surface area contributed by atoms with E-state index in [1.165, 1.54) is 10.5 Å². The van der Waals surface area contributed by atoms with Crippen LogP contribution in [0.15, 0.2) is 11.2 Å². The molecule has 2 rings (SSSR count). The van der Waals surface area contributed by atoms with Gasteiger partial charge in [0.05, 0.1) is 6.20 Å². The Hall–Kier alpha value is -1.41. The van der Waals surface area contributed by atoms with E-state index in [9.17, 15) is 13.2 Å². The normalized spacial score (nSPS) is 18.4. The number of hydrogen-bond donors (Lipinski definition) is 2. The highest BCUT2D eigenvalue weighted by molar-refractivity contribution is 7.89. The lowest BCUT2D eigenvalue weighted by molar-refractivity contribution is -0.125. The standard InChI is InChI=1S/C11H18N4O3S/c1-8-13-7-10(14-8)19(17,18)15-5-3-9(4-6-15)11(16)12-2/h7,9H,3-6H2,1-2H3,(H,12,16)(H,13,14). The van der Waals surface area contributed by atoms with Crippen LogP contribution in [0, 0.1) is 12.8 Å². The highest BCUT2D eigenvalue weighted by atomic mass is 32.2. The molecule has 1 amide bonds. The number of sulfonamides is 1. The largest absolute Gasteiger partial charge is 0.359 e. The molecule has 19 heavy (non-hydrogen) atoms. The first-order chi connectivity index (χ1) is 8.95. The molecule has 0 atom stereocenters. The van der Waals surface area contributed by atoms with Crippen LogP contribution in [0.3, 0.4) is 0 Å². The van der Waals surface area contributed by atoms with Crippen LogP contribution in [0.1, 0.15) is 18.7 Å². The van der Waals surface area contributed by atoms with E-state index in [2.05, 4.69) is 15.3 Å². The zero-order chi connectivity index (χ0) is 14.0. The minimum absolute atomic E-state index is 0.0190. The van der Waals surface area contributed by atoms with Crippen LogP contribution >= 0.6 is 0 Å². The van der Waals surface area contributed by atoms with Crippen LogP contribution < -0.4 is 5.32 Å². The molecule has 2 heterocycles. The van der Waals surface area contributed by atoms with Crippen molar-refractivity contribution in [2.45, 2.75) is 24.8 Å². The van der Waals surface area contributed by atoms with Gasteiger partial charge in [-0.05, 0) is 19.8 Å². The molecule has 0 unspecified atom stereocenters. The molecule has 8 heteroatoms. The Morgan fingerprint density at radius 2 is 2.11 bits per heavy atom. The van der Waals surface area contributed by atoms with Gasteiger partial charge in [0, 0.05) is 26.1 Å². The lowest BCUT2D eigenvalue weighted by atomic mass is 9.97. The smallest absolute Gasteiger partial charge is 0.260 e. The van der Waals surface area contributed by atoms with Crippen LogP contribution in [0.2, 0.25) is 0 Å². The number of nitrogens with zero attached hydrogens (tertiary/aromatic N) is 2. The lowest BCUT2D eigenvalue weighted by Gasteiger charge is -2.29. The molecule has 7 nitrogen and oxygen atoms in total. The molecule has 0 aromatic carbocycles. The topological polar surface area (TPSA) is 95.2 Å². The van der Waals surface area contributed by atoms with Crippen LogP contribution in [-0.4, -0.2) is 48.7 Å². The Kier molecular flexibility index (Phi) is 3.91. The third-order valence-electron chi connectivity index (χ3n) is 3.37. The summed E-state index contributed by atoms with van der Waals surface area (Å²) >= 11 is 0. The van der Waals surface area contributed by atoms with Crippen molar-refractivity contribution >= 4 is 15.9 Å². The summed E-state index contributed by atoms with van der Waals surface area (Å²) in [5, 5.41) is 2.71. The van der Waals surface area contributed by atoms with Gasteiger partial charge < -0.3 is 10.3 Å². The van der Waals surface area contributed by atoms with E-state index in [0.717, 1.165) is 0 Å². The minimum atomic E-state index is -3.51. The van der Waals surface area contributed by atoms with Crippen LogP contribution in [0.25, 0.3) is 0 Å². The third kappa shape index (κ3) is 2.79. The summed E-state index contributed by atoms with van der Waals surface area (Å²) in [7, 11) is -1.92. The number of amides is 1. The molecule has 0 bridgehead atoms. The van der Waals surface area contributed by atoms with Gasteiger partial charge in [-0.25, -0.2) is 13.4 Å². The highest BCUT2D eigenvalue weighted by Crippen LogP contribution is 2.22.